The molecule has 2 N–H and O–H groups in total. The maximum absolute atomic E-state index is 13.1. The largest absolute Gasteiger partial charge is 0.495 e. The highest BCUT2D eigenvalue weighted by Crippen LogP contribution is 2.45. The maximum atomic E-state index is 13.1. The van der Waals surface area contributed by atoms with Gasteiger partial charge in [0.1, 0.15) is 17.8 Å². The van der Waals surface area contributed by atoms with Gasteiger partial charge in [-0.25, -0.2) is 4.79 Å². The Morgan fingerprint density at radius 3 is 2.55 bits per heavy atom. The van der Waals surface area contributed by atoms with Gasteiger partial charge in [-0.2, -0.15) is 0 Å². The zero-order valence-corrected chi connectivity index (χ0v) is 17.7. The summed E-state index contributed by atoms with van der Waals surface area (Å²) in [6.07, 6.45) is 4.12. The fourth-order valence-corrected chi connectivity index (χ4v) is 4.42. The molecule has 7 heteroatoms. The van der Waals surface area contributed by atoms with E-state index in [4.69, 9.17) is 4.74 Å². The lowest BCUT2D eigenvalue weighted by atomic mass is 9.65. The molecule has 0 aromatic heterocycles. The molecule has 1 aliphatic carbocycles. The van der Waals surface area contributed by atoms with Crippen LogP contribution in [0.15, 0.2) is 24.3 Å². The average Bonchev–Trinajstić information content (AvgIpc) is 2.92. The van der Waals surface area contributed by atoms with Crippen LogP contribution in [0.3, 0.4) is 0 Å². The lowest BCUT2D eigenvalue weighted by Crippen LogP contribution is -2.51. The van der Waals surface area contributed by atoms with Crippen molar-refractivity contribution >= 4 is 23.5 Å². The number of amides is 4. The summed E-state index contributed by atoms with van der Waals surface area (Å²) in [5.41, 5.74) is -0.131. The van der Waals surface area contributed by atoms with Crippen LogP contribution in [0.2, 0.25) is 0 Å². The Morgan fingerprint density at radius 2 is 1.93 bits per heavy atom. The van der Waals surface area contributed by atoms with E-state index in [1.54, 1.807) is 24.3 Å². The van der Waals surface area contributed by atoms with Gasteiger partial charge >= 0.3 is 6.03 Å². The van der Waals surface area contributed by atoms with Crippen molar-refractivity contribution < 1.29 is 19.1 Å². The van der Waals surface area contributed by atoms with Crippen LogP contribution in [-0.4, -0.2) is 41.9 Å². The Hall–Kier alpha value is -2.57. The van der Waals surface area contributed by atoms with Crippen LogP contribution in [0, 0.1) is 11.3 Å². The van der Waals surface area contributed by atoms with Crippen molar-refractivity contribution in [1.82, 2.24) is 10.2 Å². The molecule has 29 heavy (non-hydrogen) atoms. The number of ether oxygens (including phenoxy) is 1. The monoisotopic (exact) mass is 401 g/mol. The minimum Gasteiger partial charge on any atom is -0.495 e. The van der Waals surface area contributed by atoms with Crippen LogP contribution < -0.4 is 15.4 Å². The number of para-hydroxylation sites is 2. The molecule has 1 saturated carbocycles. The van der Waals surface area contributed by atoms with E-state index in [0.717, 1.165) is 24.2 Å². The molecule has 4 amide bonds. The van der Waals surface area contributed by atoms with Crippen LogP contribution >= 0.6 is 0 Å². The second-order valence-electron chi connectivity index (χ2n) is 8.77. The van der Waals surface area contributed by atoms with Gasteiger partial charge < -0.3 is 15.4 Å². The van der Waals surface area contributed by atoms with E-state index in [9.17, 15) is 14.4 Å². The molecule has 0 unspecified atom stereocenters. The number of benzene rings is 1. The summed E-state index contributed by atoms with van der Waals surface area (Å²) in [4.78, 5) is 39.1. The van der Waals surface area contributed by atoms with Gasteiger partial charge in [0.25, 0.3) is 5.91 Å². The summed E-state index contributed by atoms with van der Waals surface area (Å²) in [6.45, 7) is 6.40. The van der Waals surface area contributed by atoms with Crippen LogP contribution in [-0.2, 0) is 9.59 Å². The first kappa shape index (κ1) is 21.1. The quantitative estimate of drug-likeness (QED) is 0.714. The summed E-state index contributed by atoms with van der Waals surface area (Å²) >= 11 is 0. The van der Waals surface area contributed by atoms with Crippen molar-refractivity contribution in [2.24, 2.45) is 11.3 Å². The molecule has 1 aromatic carbocycles. The highest BCUT2D eigenvalue weighted by Gasteiger charge is 2.53. The number of nitrogens with zero attached hydrogens (tertiary/aromatic N) is 1. The maximum Gasteiger partial charge on any atom is 0.325 e. The van der Waals surface area contributed by atoms with Crippen molar-refractivity contribution in [3.05, 3.63) is 24.3 Å². The van der Waals surface area contributed by atoms with Gasteiger partial charge in [-0.15, -0.1) is 0 Å². The highest BCUT2D eigenvalue weighted by molar-refractivity contribution is 6.10. The average molecular weight is 402 g/mol. The molecule has 0 radical (unpaired) electrons. The second kappa shape index (κ2) is 8.05. The molecule has 7 nitrogen and oxygen atoms in total. The fraction of sp³-hybridized carbons (Fsp3) is 0.591. The van der Waals surface area contributed by atoms with Crippen LogP contribution in [0.4, 0.5) is 10.5 Å². The first-order chi connectivity index (χ1) is 13.7. The topological polar surface area (TPSA) is 87.7 Å². The third-order valence-corrected chi connectivity index (χ3v) is 6.78. The molecule has 1 aliphatic heterocycles. The number of imide groups is 1. The van der Waals surface area contributed by atoms with E-state index in [2.05, 4.69) is 31.4 Å². The van der Waals surface area contributed by atoms with Gasteiger partial charge in [-0.3, -0.25) is 14.5 Å². The normalized spacial score (nSPS) is 24.6. The first-order valence-electron chi connectivity index (χ1n) is 10.3. The van der Waals surface area contributed by atoms with Crippen molar-refractivity contribution in [2.45, 2.75) is 58.4 Å². The Kier molecular flexibility index (Phi) is 5.87. The van der Waals surface area contributed by atoms with Crippen LogP contribution in [0.25, 0.3) is 0 Å². The lowest BCUT2D eigenvalue weighted by Gasteiger charge is -2.42. The molecular weight excluding hydrogens is 370 g/mol. The molecule has 1 saturated heterocycles. The van der Waals surface area contributed by atoms with Gasteiger partial charge in [-0.1, -0.05) is 39.3 Å². The number of urea groups is 1. The highest BCUT2D eigenvalue weighted by atomic mass is 16.5. The SMILES string of the molecule is CCC(C)(C)C1CCC2(CC1)NC(=O)N(CC(=O)Nc1ccccc1OC)C2=O. The number of carbonyl (C=O) groups is 3. The Labute approximate surface area is 172 Å². The fourth-order valence-electron chi connectivity index (χ4n) is 4.42. The molecule has 1 heterocycles. The molecule has 3 rings (SSSR count). The van der Waals surface area contributed by atoms with Crippen LogP contribution in [0.5, 0.6) is 5.75 Å². The van der Waals surface area contributed by atoms with Crippen molar-refractivity contribution in [1.29, 1.82) is 0 Å². The Balaban J connectivity index is 1.64. The van der Waals surface area contributed by atoms with Crippen molar-refractivity contribution in [2.75, 3.05) is 19.0 Å². The minimum atomic E-state index is -0.859. The lowest BCUT2D eigenvalue weighted by molar-refractivity contribution is -0.135. The van der Waals surface area contributed by atoms with E-state index in [1.807, 2.05) is 0 Å². The smallest absolute Gasteiger partial charge is 0.325 e. The van der Waals surface area contributed by atoms with Gasteiger partial charge in [0, 0.05) is 0 Å². The second-order valence-corrected chi connectivity index (χ2v) is 8.77. The van der Waals surface area contributed by atoms with Crippen LogP contribution in [0.1, 0.15) is 52.9 Å². The summed E-state index contributed by atoms with van der Waals surface area (Å²) in [5, 5.41) is 5.60. The number of hydrogen-bond donors (Lipinski definition) is 2. The molecule has 0 bridgehead atoms. The van der Waals surface area contributed by atoms with E-state index in [0.29, 0.717) is 30.2 Å². The predicted octanol–water partition coefficient (Wildman–Crippen LogP) is 3.55. The number of hydrogen-bond acceptors (Lipinski definition) is 4. The van der Waals surface area contributed by atoms with E-state index < -0.39 is 17.5 Å². The molecule has 2 aliphatic rings. The number of rotatable bonds is 6. The van der Waals surface area contributed by atoms with Gasteiger partial charge in [-0.05, 0) is 49.1 Å². The van der Waals surface area contributed by atoms with E-state index >= 15 is 0 Å². The third-order valence-electron chi connectivity index (χ3n) is 6.78. The molecule has 0 atom stereocenters. The zero-order valence-electron chi connectivity index (χ0n) is 17.7. The molecule has 1 spiro atoms. The minimum absolute atomic E-state index is 0.224. The van der Waals surface area contributed by atoms with E-state index in [-0.39, 0.29) is 17.9 Å². The third kappa shape index (κ3) is 4.09. The van der Waals surface area contributed by atoms with Crippen molar-refractivity contribution in [3.8, 4) is 5.75 Å². The van der Waals surface area contributed by atoms with E-state index in [1.165, 1.54) is 7.11 Å². The summed E-state index contributed by atoms with van der Waals surface area (Å²) < 4.78 is 5.22. The molecular formula is C22H31N3O4. The number of nitrogens with one attached hydrogen (secondary N) is 2. The number of carbonyl (C=O) groups excluding carboxylic acids is 3. The van der Waals surface area contributed by atoms with Gasteiger partial charge in [0.05, 0.1) is 12.8 Å². The number of anilines is 1. The molecule has 1 aromatic rings. The standard InChI is InChI=1S/C22H31N3O4/c1-5-21(2,3)15-10-12-22(13-11-15)19(27)25(20(28)24-22)14-18(26)23-16-8-6-7-9-17(16)29-4/h6-9,15H,5,10-14H2,1-4H3,(H,23,26)(H,24,28). The summed E-state index contributed by atoms with van der Waals surface area (Å²) in [5.74, 6) is 0.332. The molecule has 158 valence electrons. The van der Waals surface area contributed by atoms with Gasteiger partial charge in [0.2, 0.25) is 5.91 Å². The predicted molar refractivity (Wildman–Crippen MR) is 111 cm³/mol. The Morgan fingerprint density at radius 1 is 1.28 bits per heavy atom. The summed E-state index contributed by atoms with van der Waals surface area (Å²) in [6, 6.07) is 6.52. The first-order valence-corrected chi connectivity index (χ1v) is 10.3. The van der Waals surface area contributed by atoms with Crippen molar-refractivity contribution in [3.63, 3.8) is 0 Å². The zero-order chi connectivity index (χ0) is 21.2. The van der Waals surface area contributed by atoms with Gasteiger partial charge in [0.15, 0.2) is 0 Å². The summed E-state index contributed by atoms with van der Waals surface area (Å²) in [7, 11) is 1.52. The Bertz CT molecular complexity index is 797. The number of methoxy groups -OCH3 is 1. The molecule has 2 fully saturated rings.